The third-order valence-corrected chi connectivity index (χ3v) is 6.20. The Morgan fingerprint density at radius 3 is 2.38 bits per heavy atom. The fraction of sp³-hybridized carbons (Fsp3) is 0.231. The van der Waals surface area contributed by atoms with Crippen LogP contribution in [0.1, 0.15) is 13.3 Å². The first-order valence-corrected chi connectivity index (χ1v) is 11.7. The van der Waals surface area contributed by atoms with Gasteiger partial charge in [-0.2, -0.15) is 0 Å². The van der Waals surface area contributed by atoms with Gasteiger partial charge in [-0.3, -0.25) is 9.59 Å². The number of carbonyl (C=O) groups excluding carboxylic acids is 2. The lowest BCUT2D eigenvalue weighted by molar-refractivity contribution is -0.118. The Morgan fingerprint density at radius 1 is 0.882 bits per heavy atom. The van der Waals surface area contributed by atoms with Gasteiger partial charge in [0.05, 0.1) is 25.2 Å². The summed E-state index contributed by atoms with van der Waals surface area (Å²) in [5.41, 5.74) is 1.18. The van der Waals surface area contributed by atoms with E-state index >= 15 is 0 Å². The summed E-state index contributed by atoms with van der Waals surface area (Å²) >= 11 is 1.42. The first kappa shape index (κ1) is 25.0. The van der Waals surface area contributed by atoms with Gasteiger partial charge in [-0.05, 0) is 48.9 Å². The van der Waals surface area contributed by atoms with E-state index in [4.69, 9.17) is 14.2 Å². The maximum absolute atomic E-state index is 13.0. The summed E-state index contributed by atoms with van der Waals surface area (Å²) in [6.45, 7) is 1.86. The number of hydrogen-bond acceptors (Lipinski definition) is 6. The summed E-state index contributed by atoms with van der Waals surface area (Å²) in [6, 6.07) is 21.8. The van der Waals surface area contributed by atoms with Crippen LogP contribution in [0.5, 0.6) is 17.2 Å². The maximum atomic E-state index is 13.0. The van der Waals surface area contributed by atoms with Crippen molar-refractivity contribution < 1.29 is 23.8 Å². The standard InChI is InChI=1S/C26H28N2O5S/c1-4-24(26(30)28-22-16-20(31-2)13-14-23(22)32-3)34-21-12-8-9-18(15-21)27-25(29)17-33-19-10-6-5-7-11-19/h5-16,24H,4,17H2,1-3H3,(H,27,29)(H,28,30). The largest absolute Gasteiger partial charge is 0.497 e. The maximum Gasteiger partial charge on any atom is 0.262 e. The lowest BCUT2D eigenvalue weighted by Crippen LogP contribution is -2.25. The van der Waals surface area contributed by atoms with Gasteiger partial charge in [0, 0.05) is 16.6 Å². The first-order valence-electron chi connectivity index (χ1n) is 10.8. The Kier molecular flexibility index (Phi) is 9.22. The van der Waals surface area contributed by atoms with Gasteiger partial charge in [0.2, 0.25) is 5.91 Å². The van der Waals surface area contributed by atoms with Gasteiger partial charge in [0.15, 0.2) is 6.61 Å². The van der Waals surface area contributed by atoms with Crippen LogP contribution in [0, 0.1) is 0 Å². The molecule has 0 fully saturated rings. The molecular formula is C26H28N2O5S. The Hall–Kier alpha value is -3.65. The van der Waals surface area contributed by atoms with Crippen molar-refractivity contribution in [3.63, 3.8) is 0 Å². The van der Waals surface area contributed by atoms with Crippen molar-refractivity contribution in [2.45, 2.75) is 23.5 Å². The summed E-state index contributed by atoms with van der Waals surface area (Å²) in [6.07, 6.45) is 0.615. The molecule has 8 heteroatoms. The zero-order valence-electron chi connectivity index (χ0n) is 19.4. The van der Waals surface area contributed by atoms with E-state index in [0.717, 1.165) is 4.90 Å². The molecule has 0 saturated heterocycles. The van der Waals surface area contributed by atoms with Gasteiger partial charge in [-0.15, -0.1) is 11.8 Å². The van der Waals surface area contributed by atoms with E-state index < -0.39 is 0 Å². The van der Waals surface area contributed by atoms with Crippen molar-refractivity contribution in [3.8, 4) is 17.2 Å². The summed E-state index contributed by atoms with van der Waals surface area (Å²) in [4.78, 5) is 26.1. The van der Waals surface area contributed by atoms with E-state index in [1.807, 2.05) is 43.3 Å². The van der Waals surface area contributed by atoms with Gasteiger partial charge < -0.3 is 24.8 Å². The van der Waals surface area contributed by atoms with Crippen LogP contribution in [-0.2, 0) is 9.59 Å². The molecule has 1 atom stereocenters. The summed E-state index contributed by atoms with van der Waals surface area (Å²) in [7, 11) is 3.12. The zero-order valence-corrected chi connectivity index (χ0v) is 20.2. The molecule has 0 heterocycles. The SMILES string of the molecule is CCC(Sc1cccc(NC(=O)COc2ccccc2)c1)C(=O)Nc1cc(OC)ccc1OC. The number of carbonyl (C=O) groups is 2. The molecule has 2 amide bonds. The van der Waals surface area contributed by atoms with Gasteiger partial charge in [0.25, 0.3) is 5.91 Å². The lowest BCUT2D eigenvalue weighted by Gasteiger charge is -2.17. The van der Waals surface area contributed by atoms with E-state index in [1.54, 1.807) is 50.6 Å². The minimum Gasteiger partial charge on any atom is -0.497 e. The molecule has 0 spiro atoms. The van der Waals surface area contributed by atoms with E-state index in [9.17, 15) is 9.59 Å². The predicted octanol–water partition coefficient (Wildman–Crippen LogP) is 5.23. The number of amides is 2. The number of ether oxygens (including phenoxy) is 3. The second-order valence-corrected chi connectivity index (χ2v) is 8.52. The molecule has 2 N–H and O–H groups in total. The summed E-state index contributed by atoms with van der Waals surface area (Å²) in [5.74, 6) is 1.39. The lowest BCUT2D eigenvalue weighted by atomic mass is 10.2. The van der Waals surface area contributed by atoms with E-state index in [1.165, 1.54) is 11.8 Å². The number of nitrogens with one attached hydrogen (secondary N) is 2. The normalized spacial score (nSPS) is 11.3. The Morgan fingerprint density at radius 2 is 1.68 bits per heavy atom. The van der Waals surface area contributed by atoms with Gasteiger partial charge in [-0.1, -0.05) is 31.2 Å². The van der Waals surface area contributed by atoms with Crippen molar-refractivity contribution in [1.82, 2.24) is 0 Å². The first-order chi connectivity index (χ1) is 16.5. The summed E-state index contributed by atoms with van der Waals surface area (Å²) < 4.78 is 16.1. The van der Waals surface area contributed by atoms with Crippen molar-refractivity contribution in [2.24, 2.45) is 0 Å². The molecule has 34 heavy (non-hydrogen) atoms. The molecule has 0 bridgehead atoms. The van der Waals surface area contributed by atoms with Crippen molar-refractivity contribution >= 4 is 35.0 Å². The monoisotopic (exact) mass is 480 g/mol. The quantitative estimate of drug-likeness (QED) is 0.366. The smallest absolute Gasteiger partial charge is 0.262 e. The molecule has 7 nitrogen and oxygen atoms in total. The molecule has 1 unspecified atom stereocenters. The number of thioether (sulfide) groups is 1. The third kappa shape index (κ3) is 7.18. The number of benzene rings is 3. The number of methoxy groups -OCH3 is 2. The van der Waals surface area contributed by atoms with Crippen molar-refractivity contribution in [2.75, 3.05) is 31.5 Å². The highest BCUT2D eigenvalue weighted by Crippen LogP contribution is 2.32. The van der Waals surface area contributed by atoms with E-state index in [0.29, 0.717) is 35.0 Å². The van der Waals surface area contributed by atoms with Crippen LogP contribution in [0.4, 0.5) is 11.4 Å². The molecule has 0 aliphatic heterocycles. The second-order valence-electron chi connectivity index (χ2n) is 7.25. The van der Waals surface area contributed by atoms with E-state index in [2.05, 4.69) is 10.6 Å². The van der Waals surface area contributed by atoms with Crippen LogP contribution in [0.2, 0.25) is 0 Å². The average Bonchev–Trinajstić information content (AvgIpc) is 2.86. The average molecular weight is 481 g/mol. The molecule has 0 radical (unpaired) electrons. The summed E-state index contributed by atoms with van der Waals surface area (Å²) in [5, 5.41) is 5.42. The van der Waals surface area contributed by atoms with Crippen LogP contribution in [0.15, 0.2) is 77.7 Å². The van der Waals surface area contributed by atoms with Gasteiger partial charge in [-0.25, -0.2) is 0 Å². The van der Waals surface area contributed by atoms with E-state index in [-0.39, 0.29) is 23.7 Å². The predicted molar refractivity (Wildman–Crippen MR) is 135 cm³/mol. The van der Waals surface area contributed by atoms with Crippen LogP contribution in [0.3, 0.4) is 0 Å². The van der Waals surface area contributed by atoms with Crippen LogP contribution < -0.4 is 24.8 Å². The van der Waals surface area contributed by atoms with Crippen molar-refractivity contribution in [1.29, 1.82) is 0 Å². The third-order valence-electron chi connectivity index (χ3n) is 4.84. The minimum absolute atomic E-state index is 0.0935. The highest BCUT2D eigenvalue weighted by atomic mass is 32.2. The zero-order chi connectivity index (χ0) is 24.3. The van der Waals surface area contributed by atoms with Crippen molar-refractivity contribution in [3.05, 3.63) is 72.8 Å². The minimum atomic E-state index is -0.344. The number of anilines is 2. The van der Waals surface area contributed by atoms with Crippen LogP contribution in [-0.4, -0.2) is 37.9 Å². The van der Waals surface area contributed by atoms with Crippen LogP contribution >= 0.6 is 11.8 Å². The highest BCUT2D eigenvalue weighted by Gasteiger charge is 2.20. The number of hydrogen-bond donors (Lipinski definition) is 2. The molecular weight excluding hydrogens is 452 g/mol. The molecule has 3 rings (SSSR count). The van der Waals surface area contributed by atoms with Gasteiger partial charge >= 0.3 is 0 Å². The topological polar surface area (TPSA) is 85.9 Å². The fourth-order valence-corrected chi connectivity index (χ4v) is 4.13. The van der Waals surface area contributed by atoms with Gasteiger partial charge in [0.1, 0.15) is 17.2 Å². The Balaban J connectivity index is 1.61. The second kappa shape index (κ2) is 12.6. The van der Waals surface area contributed by atoms with Crippen LogP contribution in [0.25, 0.3) is 0 Å². The highest BCUT2D eigenvalue weighted by molar-refractivity contribution is 8.00. The molecule has 0 saturated carbocycles. The fourth-order valence-electron chi connectivity index (χ4n) is 3.12. The Labute approximate surface area is 203 Å². The molecule has 178 valence electrons. The molecule has 3 aromatic carbocycles. The molecule has 3 aromatic rings. The Bertz CT molecular complexity index is 1110. The number of rotatable bonds is 11. The number of para-hydroxylation sites is 1. The molecule has 0 aliphatic rings. The molecule has 0 aromatic heterocycles. The molecule has 0 aliphatic carbocycles.